The summed E-state index contributed by atoms with van der Waals surface area (Å²) < 4.78 is 10.0. The summed E-state index contributed by atoms with van der Waals surface area (Å²) in [5.74, 6) is -0.193. The highest BCUT2D eigenvalue weighted by atomic mass is 16.6. The molecule has 0 radical (unpaired) electrons. The highest BCUT2D eigenvalue weighted by Gasteiger charge is 2.26. The molecule has 1 rings (SSSR count). The maximum Gasteiger partial charge on any atom is 0.335 e. The third-order valence-electron chi connectivity index (χ3n) is 1.70. The fraction of sp³-hybridized carbons (Fsp3) is 0.875. The van der Waals surface area contributed by atoms with Gasteiger partial charge in [0.15, 0.2) is 6.10 Å². The van der Waals surface area contributed by atoms with Gasteiger partial charge in [-0.05, 0) is 6.42 Å². The van der Waals surface area contributed by atoms with Crippen LogP contribution in [0.5, 0.6) is 0 Å². The van der Waals surface area contributed by atoms with Crippen molar-refractivity contribution in [2.24, 2.45) is 0 Å². The van der Waals surface area contributed by atoms with Gasteiger partial charge in [-0.1, -0.05) is 13.3 Å². The Morgan fingerprint density at radius 3 is 3.09 bits per heavy atom. The van der Waals surface area contributed by atoms with Gasteiger partial charge >= 0.3 is 5.97 Å². The molecule has 0 amide bonds. The minimum absolute atomic E-state index is 0.193. The van der Waals surface area contributed by atoms with Crippen molar-refractivity contribution in [1.29, 1.82) is 0 Å². The Bertz CT molecular complexity index is 133. The molecule has 1 saturated heterocycles. The van der Waals surface area contributed by atoms with E-state index in [9.17, 15) is 4.79 Å². The molecule has 1 fully saturated rings. The van der Waals surface area contributed by atoms with Crippen molar-refractivity contribution in [3.8, 4) is 0 Å². The largest absolute Gasteiger partial charge is 0.464 e. The molecule has 1 heterocycles. The molecule has 3 heteroatoms. The normalized spacial score (nSPS) is 23.7. The first kappa shape index (κ1) is 8.53. The summed E-state index contributed by atoms with van der Waals surface area (Å²) in [6.45, 7) is 3.29. The zero-order valence-electron chi connectivity index (χ0n) is 6.84. The van der Waals surface area contributed by atoms with Crippen molar-refractivity contribution in [3.63, 3.8) is 0 Å². The third kappa shape index (κ3) is 2.50. The van der Waals surface area contributed by atoms with Crippen molar-refractivity contribution < 1.29 is 14.3 Å². The molecule has 0 aliphatic carbocycles. The number of hydrogen-bond acceptors (Lipinski definition) is 3. The lowest BCUT2D eigenvalue weighted by Gasteiger charge is -2.05. The number of carbonyl (C=O) groups excluding carboxylic acids is 1. The standard InChI is InChI=1S/C8H14O3/c1-2-3-5-10-7-4-6-11-8(7)9/h7H,2-6H2,1H3/t7-/m0/s1. The van der Waals surface area contributed by atoms with Gasteiger partial charge < -0.3 is 9.47 Å². The number of esters is 1. The third-order valence-corrected chi connectivity index (χ3v) is 1.70. The number of rotatable bonds is 4. The van der Waals surface area contributed by atoms with Crippen molar-refractivity contribution in [2.75, 3.05) is 13.2 Å². The summed E-state index contributed by atoms with van der Waals surface area (Å²) in [5, 5.41) is 0. The SMILES string of the molecule is CCCCO[C@H]1CCOC1=O. The molecule has 1 atom stereocenters. The lowest BCUT2D eigenvalue weighted by Crippen LogP contribution is -2.18. The van der Waals surface area contributed by atoms with Crippen LogP contribution in [0.25, 0.3) is 0 Å². The molecule has 1 aliphatic heterocycles. The Kier molecular flexibility index (Phi) is 3.36. The first-order valence-electron chi connectivity index (χ1n) is 4.13. The van der Waals surface area contributed by atoms with Gasteiger partial charge in [-0.2, -0.15) is 0 Å². The number of ether oxygens (including phenoxy) is 2. The Morgan fingerprint density at radius 1 is 1.73 bits per heavy atom. The highest BCUT2D eigenvalue weighted by Crippen LogP contribution is 2.10. The topological polar surface area (TPSA) is 35.5 Å². The van der Waals surface area contributed by atoms with Crippen LogP contribution in [-0.2, 0) is 14.3 Å². The summed E-state index contributed by atoms with van der Waals surface area (Å²) in [6.07, 6.45) is 2.57. The van der Waals surface area contributed by atoms with Crippen LogP contribution in [0.1, 0.15) is 26.2 Å². The Morgan fingerprint density at radius 2 is 2.55 bits per heavy atom. The summed E-state index contributed by atoms with van der Waals surface area (Å²) in [7, 11) is 0. The second-order valence-electron chi connectivity index (χ2n) is 2.67. The van der Waals surface area contributed by atoms with E-state index in [1.807, 2.05) is 0 Å². The minimum Gasteiger partial charge on any atom is -0.464 e. The van der Waals surface area contributed by atoms with E-state index in [0.29, 0.717) is 13.2 Å². The first-order valence-corrected chi connectivity index (χ1v) is 4.13. The lowest BCUT2D eigenvalue weighted by molar-refractivity contribution is -0.147. The average molecular weight is 158 g/mol. The van der Waals surface area contributed by atoms with E-state index in [0.717, 1.165) is 19.3 Å². The maximum atomic E-state index is 10.8. The fourth-order valence-corrected chi connectivity index (χ4v) is 0.999. The Labute approximate surface area is 66.7 Å². The van der Waals surface area contributed by atoms with Crippen LogP contribution in [0, 0.1) is 0 Å². The molecule has 64 valence electrons. The molecule has 0 unspecified atom stereocenters. The smallest absolute Gasteiger partial charge is 0.335 e. The van der Waals surface area contributed by atoms with E-state index in [2.05, 4.69) is 6.92 Å². The van der Waals surface area contributed by atoms with Gasteiger partial charge in [0.1, 0.15) is 0 Å². The number of carbonyl (C=O) groups is 1. The Hall–Kier alpha value is -0.570. The number of cyclic esters (lactones) is 1. The van der Waals surface area contributed by atoms with Crippen LogP contribution in [-0.4, -0.2) is 25.3 Å². The van der Waals surface area contributed by atoms with Gasteiger partial charge in [0, 0.05) is 13.0 Å². The number of unbranched alkanes of at least 4 members (excludes halogenated alkanes) is 1. The minimum atomic E-state index is -0.276. The van der Waals surface area contributed by atoms with Crippen molar-refractivity contribution in [1.82, 2.24) is 0 Å². The summed E-state index contributed by atoms with van der Waals surface area (Å²) in [5.41, 5.74) is 0. The molecule has 3 nitrogen and oxygen atoms in total. The second kappa shape index (κ2) is 4.34. The van der Waals surface area contributed by atoms with Gasteiger partial charge in [0.25, 0.3) is 0 Å². The van der Waals surface area contributed by atoms with E-state index in [4.69, 9.17) is 9.47 Å². The van der Waals surface area contributed by atoms with E-state index in [1.54, 1.807) is 0 Å². The second-order valence-corrected chi connectivity index (χ2v) is 2.67. The molecule has 1 aliphatic rings. The van der Waals surface area contributed by atoms with Crippen molar-refractivity contribution >= 4 is 5.97 Å². The van der Waals surface area contributed by atoms with E-state index in [1.165, 1.54) is 0 Å². The van der Waals surface area contributed by atoms with Crippen molar-refractivity contribution in [3.05, 3.63) is 0 Å². The average Bonchev–Trinajstić information content (AvgIpc) is 2.37. The first-order chi connectivity index (χ1) is 5.34. The lowest BCUT2D eigenvalue weighted by atomic mass is 10.3. The monoisotopic (exact) mass is 158 g/mol. The van der Waals surface area contributed by atoms with Crippen LogP contribution in [0.2, 0.25) is 0 Å². The molecule has 0 spiro atoms. The predicted octanol–water partition coefficient (Wildman–Crippen LogP) is 1.12. The summed E-state index contributed by atoms with van der Waals surface area (Å²) in [6, 6.07) is 0. The molecule has 0 bridgehead atoms. The van der Waals surface area contributed by atoms with Crippen LogP contribution in [0.3, 0.4) is 0 Å². The fourth-order valence-electron chi connectivity index (χ4n) is 0.999. The van der Waals surface area contributed by atoms with Gasteiger partial charge in [0.05, 0.1) is 6.61 Å². The molecular formula is C8H14O3. The van der Waals surface area contributed by atoms with E-state index in [-0.39, 0.29) is 12.1 Å². The van der Waals surface area contributed by atoms with Crippen LogP contribution < -0.4 is 0 Å². The molecular weight excluding hydrogens is 144 g/mol. The van der Waals surface area contributed by atoms with Crippen LogP contribution >= 0.6 is 0 Å². The van der Waals surface area contributed by atoms with Gasteiger partial charge in [-0.3, -0.25) is 0 Å². The van der Waals surface area contributed by atoms with Crippen LogP contribution in [0.15, 0.2) is 0 Å². The maximum absolute atomic E-state index is 10.8. The molecule has 0 aromatic carbocycles. The predicted molar refractivity (Wildman–Crippen MR) is 40.2 cm³/mol. The van der Waals surface area contributed by atoms with Crippen LogP contribution in [0.4, 0.5) is 0 Å². The van der Waals surface area contributed by atoms with E-state index < -0.39 is 0 Å². The molecule has 0 aromatic rings. The molecule has 11 heavy (non-hydrogen) atoms. The van der Waals surface area contributed by atoms with E-state index >= 15 is 0 Å². The summed E-state index contributed by atoms with van der Waals surface area (Å²) >= 11 is 0. The van der Waals surface area contributed by atoms with Gasteiger partial charge in [-0.25, -0.2) is 4.79 Å². The molecule has 0 aromatic heterocycles. The number of hydrogen-bond donors (Lipinski definition) is 0. The zero-order chi connectivity index (χ0) is 8.10. The highest BCUT2D eigenvalue weighted by molar-refractivity contribution is 5.76. The van der Waals surface area contributed by atoms with Gasteiger partial charge in [-0.15, -0.1) is 0 Å². The zero-order valence-corrected chi connectivity index (χ0v) is 6.84. The quantitative estimate of drug-likeness (QED) is 0.454. The van der Waals surface area contributed by atoms with Crippen molar-refractivity contribution in [2.45, 2.75) is 32.3 Å². The summed E-state index contributed by atoms with van der Waals surface area (Å²) in [4.78, 5) is 10.8. The molecule has 0 saturated carbocycles. The Balaban J connectivity index is 2.10. The van der Waals surface area contributed by atoms with Gasteiger partial charge in [0.2, 0.25) is 0 Å². The molecule has 0 N–H and O–H groups in total.